The van der Waals surface area contributed by atoms with Crippen LogP contribution < -0.4 is 5.73 Å². The van der Waals surface area contributed by atoms with E-state index >= 15 is 0 Å². The summed E-state index contributed by atoms with van der Waals surface area (Å²) in [5, 5.41) is 0. The van der Waals surface area contributed by atoms with Gasteiger partial charge in [0.15, 0.2) is 0 Å². The highest BCUT2D eigenvalue weighted by Crippen LogP contribution is 2.10. The molecule has 98 valence electrons. The molecule has 1 amide bonds. The van der Waals surface area contributed by atoms with E-state index in [-0.39, 0.29) is 17.9 Å². The molecule has 0 aromatic rings. The van der Waals surface area contributed by atoms with Crippen molar-refractivity contribution in [3.05, 3.63) is 12.7 Å². The lowest BCUT2D eigenvalue weighted by molar-refractivity contribution is -0.135. The Labute approximate surface area is 104 Å². The van der Waals surface area contributed by atoms with Crippen LogP contribution in [0.3, 0.4) is 0 Å². The van der Waals surface area contributed by atoms with Gasteiger partial charge in [-0.1, -0.05) is 26.3 Å². The molecule has 1 rings (SSSR count). The fraction of sp³-hybridized carbons (Fsp3) is 0.769. The minimum Gasteiger partial charge on any atom is -0.339 e. The predicted molar refractivity (Wildman–Crippen MR) is 70.6 cm³/mol. The van der Waals surface area contributed by atoms with E-state index in [1.807, 2.05) is 17.9 Å². The number of rotatable bonds is 5. The Bertz CT molecular complexity index is 259. The first-order chi connectivity index (χ1) is 8.10. The van der Waals surface area contributed by atoms with Crippen LogP contribution in [0.4, 0.5) is 0 Å². The maximum Gasteiger partial charge on any atom is 0.239 e. The summed E-state index contributed by atoms with van der Waals surface area (Å²) in [6.07, 6.45) is 2.85. The Morgan fingerprint density at radius 2 is 2.00 bits per heavy atom. The average molecular weight is 239 g/mol. The highest BCUT2D eigenvalue weighted by Gasteiger charge is 2.27. The zero-order valence-corrected chi connectivity index (χ0v) is 11.1. The number of hydrogen-bond acceptors (Lipinski definition) is 3. The SMILES string of the molecule is C=CCN1CCN(C(=O)C(N)C(C)CC)CC1. The molecule has 4 heteroatoms. The Morgan fingerprint density at radius 1 is 1.41 bits per heavy atom. The summed E-state index contributed by atoms with van der Waals surface area (Å²) in [5.41, 5.74) is 5.97. The van der Waals surface area contributed by atoms with Crippen LogP contribution in [0, 0.1) is 5.92 Å². The number of hydrogen-bond donors (Lipinski definition) is 1. The number of carbonyl (C=O) groups is 1. The van der Waals surface area contributed by atoms with Crippen LogP contribution in [-0.4, -0.2) is 54.5 Å². The second-order valence-corrected chi connectivity index (χ2v) is 4.83. The number of nitrogens with two attached hydrogens (primary N) is 1. The van der Waals surface area contributed by atoms with Crippen molar-refractivity contribution in [2.75, 3.05) is 32.7 Å². The van der Waals surface area contributed by atoms with E-state index in [9.17, 15) is 4.79 Å². The first-order valence-corrected chi connectivity index (χ1v) is 6.47. The van der Waals surface area contributed by atoms with Crippen LogP contribution in [0.1, 0.15) is 20.3 Å². The van der Waals surface area contributed by atoms with Crippen LogP contribution >= 0.6 is 0 Å². The summed E-state index contributed by atoms with van der Waals surface area (Å²) >= 11 is 0. The Balaban J connectivity index is 2.42. The van der Waals surface area contributed by atoms with Crippen molar-refractivity contribution in [2.45, 2.75) is 26.3 Å². The molecule has 0 saturated carbocycles. The van der Waals surface area contributed by atoms with E-state index < -0.39 is 0 Å². The monoisotopic (exact) mass is 239 g/mol. The Kier molecular flexibility index (Phi) is 5.65. The lowest BCUT2D eigenvalue weighted by atomic mass is 9.98. The second kappa shape index (κ2) is 6.77. The number of piperazine rings is 1. The molecule has 4 nitrogen and oxygen atoms in total. The minimum absolute atomic E-state index is 0.109. The second-order valence-electron chi connectivity index (χ2n) is 4.83. The van der Waals surface area contributed by atoms with Gasteiger partial charge in [-0.25, -0.2) is 0 Å². The molecule has 1 saturated heterocycles. The predicted octanol–water partition coefficient (Wildman–Crippen LogP) is 0.690. The Morgan fingerprint density at radius 3 is 2.47 bits per heavy atom. The molecule has 0 aliphatic carbocycles. The van der Waals surface area contributed by atoms with Crippen molar-refractivity contribution in [3.8, 4) is 0 Å². The molecule has 0 bridgehead atoms. The van der Waals surface area contributed by atoms with E-state index in [0.717, 1.165) is 39.1 Å². The summed E-state index contributed by atoms with van der Waals surface area (Å²) in [6.45, 7) is 12.2. The maximum absolute atomic E-state index is 12.1. The molecule has 0 radical (unpaired) electrons. The van der Waals surface area contributed by atoms with E-state index in [2.05, 4.69) is 18.4 Å². The van der Waals surface area contributed by atoms with Gasteiger partial charge in [0.1, 0.15) is 0 Å². The average Bonchev–Trinajstić information content (AvgIpc) is 2.37. The van der Waals surface area contributed by atoms with Crippen molar-refractivity contribution in [3.63, 3.8) is 0 Å². The maximum atomic E-state index is 12.1. The summed E-state index contributed by atoms with van der Waals surface area (Å²) in [7, 11) is 0. The number of carbonyl (C=O) groups excluding carboxylic acids is 1. The van der Waals surface area contributed by atoms with E-state index in [4.69, 9.17) is 5.73 Å². The minimum atomic E-state index is -0.342. The molecule has 0 aromatic heterocycles. The van der Waals surface area contributed by atoms with Gasteiger partial charge in [0, 0.05) is 32.7 Å². The van der Waals surface area contributed by atoms with E-state index in [1.165, 1.54) is 0 Å². The van der Waals surface area contributed by atoms with Crippen LogP contribution in [-0.2, 0) is 4.79 Å². The van der Waals surface area contributed by atoms with Gasteiger partial charge in [-0.3, -0.25) is 9.69 Å². The third-order valence-electron chi connectivity index (χ3n) is 3.61. The largest absolute Gasteiger partial charge is 0.339 e. The molecule has 1 fully saturated rings. The molecule has 1 aliphatic heterocycles. The summed E-state index contributed by atoms with van der Waals surface area (Å²) in [5.74, 6) is 0.367. The van der Waals surface area contributed by atoms with Gasteiger partial charge in [-0.2, -0.15) is 0 Å². The van der Waals surface area contributed by atoms with E-state index in [0.29, 0.717) is 0 Å². The fourth-order valence-corrected chi connectivity index (χ4v) is 2.04. The van der Waals surface area contributed by atoms with Gasteiger partial charge in [0.05, 0.1) is 6.04 Å². The first kappa shape index (κ1) is 14.2. The summed E-state index contributed by atoms with van der Waals surface area (Å²) in [6, 6.07) is -0.342. The number of nitrogens with zero attached hydrogens (tertiary/aromatic N) is 2. The molecule has 2 N–H and O–H groups in total. The third-order valence-corrected chi connectivity index (χ3v) is 3.61. The molecule has 1 aliphatic rings. The van der Waals surface area contributed by atoms with Gasteiger partial charge in [-0.15, -0.1) is 6.58 Å². The molecule has 17 heavy (non-hydrogen) atoms. The van der Waals surface area contributed by atoms with Gasteiger partial charge in [0.25, 0.3) is 0 Å². The normalized spacial score (nSPS) is 21.0. The molecule has 0 spiro atoms. The molecule has 2 unspecified atom stereocenters. The molecular formula is C13H25N3O. The first-order valence-electron chi connectivity index (χ1n) is 6.47. The van der Waals surface area contributed by atoms with Gasteiger partial charge < -0.3 is 10.6 Å². The lowest BCUT2D eigenvalue weighted by Crippen LogP contribution is -2.54. The highest BCUT2D eigenvalue weighted by atomic mass is 16.2. The zero-order valence-electron chi connectivity index (χ0n) is 11.1. The van der Waals surface area contributed by atoms with Crippen molar-refractivity contribution < 1.29 is 4.79 Å². The van der Waals surface area contributed by atoms with Crippen LogP contribution in [0.25, 0.3) is 0 Å². The zero-order chi connectivity index (χ0) is 12.8. The summed E-state index contributed by atoms with van der Waals surface area (Å²) in [4.78, 5) is 16.3. The quantitative estimate of drug-likeness (QED) is 0.718. The molecule has 1 heterocycles. The van der Waals surface area contributed by atoms with Crippen molar-refractivity contribution >= 4 is 5.91 Å². The highest BCUT2D eigenvalue weighted by molar-refractivity contribution is 5.82. The van der Waals surface area contributed by atoms with E-state index in [1.54, 1.807) is 0 Å². The molecule has 0 aromatic carbocycles. The fourth-order valence-electron chi connectivity index (χ4n) is 2.04. The van der Waals surface area contributed by atoms with Crippen LogP contribution in [0.2, 0.25) is 0 Å². The van der Waals surface area contributed by atoms with Crippen molar-refractivity contribution in [1.29, 1.82) is 0 Å². The Hall–Kier alpha value is -0.870. The van der Waals surface area contributed by atoms with Crippen molar-refractivity contribution in [1.82, 2.24) is 9.80 Å². The van der Waals surface area contributed by atoms with Crippen LogP contribution in [0.5, 0.6) is 0 Å². The number of amides is 1. The van der Waals surface area contributed by atoms with Crippen molar-refractivity contribution in [2.24, 2.45) is 11.7 Å². The standard InChI is InChI=1S/C13H25N3O/c1-4-6-15-7-9-16(10-8-15)13(17)12(14)11(3)5-2/h4,11-12H,1,5-10,14H2,2-3H3. The topological polar surface area (TPSA) is 49.6 Å². The lowest BCUT2D eigenvalue weighted by Gasteiger charge is -2.36. The summed E-state index contributed by atoms with van der Waals surface area (Å²) < 4.78 is 0. The molecule has 2 atom stereocenters. The van der Waals surface area contributed by atoms with Gasteiger partial charge in [-0.05, 0) is 5.92 Å². The van der Waals surface area contributed by atoms with Crippen LogP contribution in [0.15, 0.2) is 12.7 Å². The van der Waals surface area contributed by atoms with Gasteiger partial charge >= 0.3 is 0 Å². The third kappa shape index (κ3) is 3.82. The van der Waals surface area contributed by atoms with Gasteiger partial charge in [0.2, 0.25) is 5.91 Å². The smallest absolute Gasteiger partial charge is 0.239 e. The molecular weight excluding hydrogens is 214 g/mol.